The predicted molar refractivity (Wildman–Crippen MR) is 69.9 cm³/mol. The second kappa shape index (κ2) is 6.05. The van der Waals surface area contributed by atoms with E-state index in [0.717, 1.165) is 32.1 Å². The lowest BCUT2D eigenvalue weighted by Gasteiger charge is -2.29. The van der Waals surface area contributed by atoms with Crippen LogP contribution in [0.3, 0.4) is 0 Å². The Hall–Kier alpha value is -1.57. The van der Waals surface area contributed by atoms with E-state index in [1.165, 1.54) is 0 Å². The fourth-order valence-corrected chi connectivity index (χ4v) is 2.53. The summed E-state index contributed by atoms with van der Waals surface area (Å²) in [5, 5.41) is 14.9. The summed E-state index contributed by atoms with van der Waals surface area (Å²) in [6.07, 6.45) is 6.68. The Kier molecular flexibility index (Phi) is 4.41. The van der Waals surface area contributed by atoms with E-state index in [1.807, 2.05) is 0 Å². The Morgan fingerprint density at radius 3 is 2.47 bits per heavy atom. The van der Waals surface area contributed by atoms with E-state index < -0.39 is 5.41 Å². The predicted octanol–water partition coefficient (Wildman–Crippen LogP) is 1.25. The normalized spacial score (nSPS) is 21.2. The quantitative estimate of drug-likeness (QED) is 0.783. The molecule has 2 aliphatic rings. The largest absolute Gasteiger partial charge is 0.354 e. The Morgan fingerprint density at radius 1 is 1.21 bits per heavy atom. The molecule has 0 unspecified atom stereocenters. The van der Waals surface area contributed by atoms with Gasteiger partial charge in [0.05, 0.1) is 6.07 Å². The molecule has 2 N–H and O–H groups in total. The number of nitrogens with one attached hydrogen (secondary N) is 2. The zero-order valence-corrected chi connectivity index (χ0v) is 11.2. The minimum Gasteiger partial charge on any atom is -0.354 e. The molecule has 0 aliphatic heterocycles. The van der Waals surface area contributed by atoms with Gasteiger partial charge in [-0.05, 0) is 25.7 Å². The molecule has 0 spiro atoms. The first kappa shape index (κ1) is 13.9. The third-order valence-corrected chi connectivity index (χ3v) is 3.94. The fraction of sp³-hybridized carbons (Fsp3) is 0.786. The average Bonchev–Trinajstić information content (AvgIpc) is 3.23. The first-order valence-electron chi connectivity index (χ1n) is 7.15. The van der Waals surface area contributed by atoms with Gasteiger partial charge in [-0.1, -0.05) is 19.3 Å². The van der Waals surface area contributed by atoms with Gasteiger partial charge in [0.15, 0.2) is 0 Å². The maximum absolute atomic E-state index is 12.1. The van der Waals surface area contributed by atoms with Crippen LogP contribution in [0.15, 0.2) is 0 Å². The topological polar surface area (TPSA) is 82.0 Å². The average molecular weight is 263 g/mol. The van der Waals surface area contributed by atoms with Gasteiger partial charge in [0.1, 0.15) is 5.41 Å². The van der Waals surface area contributed by atoms with E-state index >= 15 is 0 Å². The molecule has 0 aromatic carbocycles. The lowest BCUT2D eigenvalue weighted by Crippen LogP contribution is -2.42. The summed E-state index contributed by atoms with van der Waals surface area (Å²) in [4.78, 5) is 23.6. The molecule has 104 valence electrons. The molecule has 2 aliphatic carbocycles. The van der Waals surface area contributed by atoms with Crippen LogP contribution in [0, 0.1) is 16.7 Å². The molecular weight excluding hydrogens is 242 g/mol. The summed E-state index contributed by atoms with van der Waals surface area (Å²) in [5.74, 6) is -0.216. The maximum atomic E-state index is 12.1. The van der Waals surface area contributed by atoms with E-state index in [4.69, 9.17) is 0 Å². The van der Waals surface area contributed by atoms with Gasteiger partial charge in [-0.3, -0.25) is 9.59 Å². The van der Waals surface area contributed by atoms with Crippen LogP contribution in [-0.4, -0.2) is 24.4 Å². The third kappa shape index (κ3) is 3.69. The van der Waals surface area contributed by atoms with Gasteiger partial charge in [0, 0.05) is 19.0 Å². The van der Waals surface area contributed by atoms with Crippen LogP contribution in [0.4, 0.5) is 0 Å². The number of amides is 2. The van der Waals surface area contributed by atoms with Crippen molar-refractivity contribution in [2.24, 2.45) is 5.41 Å². The van der Waals surface area contributed by atoms with Gasteiger partial charge in [0.25, 0.3) is 0 Å². The highest BCUT2D eigenvalue weighted by molar-refractivity contribution is 5.86. The van der Waals surface area contributed by atoms with E-state index in [-0.39, 0.29) is 11.8 Å². The Labute approximate surface area is 113 Å². The van der Waals surface area contributed by atoms with E-state index in [9.17, 15) is 14.9 Å². The zero-order valence-electron chi connectivity index (χ0n) is 11.2. The zero-order chi connectivity index (χ0) is 13.7. The van der Waals surface area contributed by atoms with Gasteiger partial charge in [-0.2, -0.15) is 5.26 Å². The monoisotopic (exact) mass is 263 g/mol. The number of nitrogens with zero attached hydrogens (tertiary/aromatic N) is 1. The van der Waals surface area contributed by atoms with Gasteiger partial charge in [0.2, 0.25) is 11.8 Å². The van der Waals surface area contributed by atoms with Gasteiger partial charge in [-0.25, -0.2) is 0 Å². The maximum Gasteiger partial charge on any atom is 0.240 e. The van der Waals surface area contributed by atoms with Crippen molar-refractivity contribution in [1.29, 1.82) is 5.26 Å². The summed E-state index contributed by atoms with van der Waals surface area (Å²) in [7, 11) is 0. The minimum atomic E-state index is -0.856. The number of hydrogen-bond acceptors (Lipinski definition) is 3. The van der Waals surface area contributed by atoms with Crippen LogP contribution < -0.4 is 10.6 Å². The summed E-state index contributed by atoms with van der Waals surface area (Å²) >= 11 is 0. The third-order valence-electron chi connectivity index (χ3n) is 3.94. The number of nitriles is 1. The van der Waals surface area contributed by atoms with Gasteiger partial charge < -0.3 is 10.6 Å². The lowest BCUT2D eigenvalue weighted by atomic mass is 9.74. The van der Waals surface area contributed by atoms with E-state index in [2.05, 4.69) is 16.7 Å². The highest BCUT2D eigenvalue weighted by Crippen LogP contribution is 2.35. The standard InChI is InChI=1S/C14H21N3O2/c15-10-14(7-2-1-3-8-14)13(19)16-9-6-12(18)17-11-4-5-11/h11H,1-9H2,(H,16,19)(H,17,18). The van der Waals surface area contributed by atoms with Crippen molar-refractivity contribution in [3.63, 3.8) is 0 Å². The minimum absolute atomic E-state index is 0.0162. The van der Waals surface area contributed by atoms with Gasteiger partial charge in [-0.15, -0.1) is 0 Å². The molecule has 0 saturated heterocycles. The number of carbonyl (C=O) groups is 2. The van der Waals surface area contributed by atoms with Crippen LogP contribution in [0.25, 0.3) is 0 Å². The second-order valence-electron chi connectivity index (χ2n) is 5.60. The van der Waals surface area contributed by atoms with Crippen LogP contribution >= 0.6 is 0 Å². The van der Waals surface area contributed by atoms with Crippen LogP contribution in [-0.2, 0) is 9.59 Å². The van der Waals surface area contributed by atoms with Crippen LogP contribution in [0.2, 0.25) is 0 Å². The van der Waals surface area contributed by atoms with Crippen molar-refractivity contribution in [3.8, 4) is 6.07 Å². The van der Waals surface area contributed by atoms with E-state index in [1.54, 1.807) is 0 Å². The van der Waals surface area contributed by atoms with Crippen molar-refractivity contribution in [1.82, 2.24) is 10.6 Å². The molecule has 0 atom stereocenters. The smallest absolute Gasteiger partial charge is 0.240 e. The summed E-state index contributed by atoms with van der Waals surface area (Å²) in [5.41, 5.74) is -0.856. The van der Waals surface area contributed by atoms with Crippen LogP contribution in [0.1, 0.15) is 51.4 Å². The second-order valence-corrected chi connectivity index (χ2v) is 5.60. The molecule has 2 saturated carbocycles. The highest BCUT2D eigenvalue weighted by Gasteiger charge is 2.39. The molecular formula is C14H21N3O2. The Bertz CT molecular complexity index is 390. The first-order valence-corrected chi connectivity index (χ1v) is 7.15. The molecule has 0 heterocycles. The lowest BCUT2D eigenvalue weighted by molar-refractivity contribution is -0.129. The van der Waals surface area contributed by atoms with Crippen molar-refractivity contribution >= 4 is 11.8 Å². The first-order chi connectivity index (χ1) is 9.16. The molecule has 0 aromatic rings. The Balaban J connectivity index is 1.73. The van der Waals surface area contributed by atoms with Crippen molar-refractivity contribution in [3.05, 3.63) is 0 Å². The summed E-state index contributed by atoms with van der Waals surface area (Å²) < 4.78 is 0. The fourth-order valence-electron chi connectivity index (χ4n) is 2.53. The molecule has 2 rings (SSSR count). The van der Waals surface area contributed by atoms with Gasteiger partial charge >= 0.3 is 0 Å². The molecule has 0 radical (unpaired) electrons. The van der Waals surface area contributed by atoms with Crippen LogP contribution in [0.5, 0.6) is 0 Å². The van der Waals surface area contributed by atoms with Crippen molar-refractivity contribution in [2.45, 2.75) is 57.4 Å². The number of carbonyl (C=O) groups excluding carboxylic acids is 2. The number of hydrogen-bond donors (Lipinski definition) is 2. The molecule has 2 amide bonds. The molecule has 5 nitrogen and oxygen atoms in total. The molecule has 0 bridgehead atoms. The molecule has 0 aromatic heterocycles. The van der Waals surface area contributed by atoms with Crippen molar-refractivity contribution in [2.75, 3.05) is 6.54 Å². The SMILES string of the molecule is N#CC1(C(=O)NCCC(=O)NC2CC2)CCCCC1. The summed E-state index contributed by atoms with van der Waals surface area (Å²) in [6.45, 7) is 0.320. The Morgan fingerprint density at radius 2 is 1.89 bits per heavy atom. The van der Waals surface area contributed by atoms with Crippen molar-refractivity contribution < 1.29 is 9.59 Å². The highest BCUT2D eigenvalue weighted by atomic mass is 16.2. The molecule has 2 fully saturated rings. The van der Waals surface area contributed by atoms with E-state index in [0.29, 0.717) is 31.8 Å². The molecule has 5 heteroatoms. The molecule has 19 heavy (non-hydrogen) atoms. The summed E-state index contributed by atoms with van der Waals surface area (Å²) in [6, 6.07) is 2.54. The number of rotatable bonds is 5.